The number of hydrogen-bond acceptors (Lipinski definition) is 3. The van der Waals surface area contributed by atoms with Gasteiger partial charge in [-0.25, -0.2) is 14.4 Å². The molecule has 1 aliphatic carbocycles. The highest BCUT2D eigenvalue weighted by atomic mass is 19.1. The average Bonchev–Trinajstić information content (AvgIpc) is 2.35. The normalized spacial score (nSPS) is 16.9. The van der Waals surface area contributed by atoms with Gasteiger partial charge in [-0.3, -0.25) is 0 Å². The monoisotopic (exact) mass is 243 g/mol. The molecule has 0 spiro atoms. The largest absolute Gasteiger partial charge is 0.367 e. The van der Waals surface area contributed by atoms with E-state index in [9.17, 15) is 4.39 Å². The molecule has 3 rings (SSSR count). The Morgan fingerprint density at radius 1 is 1.33 bits per heavy atom. The zero-order valence-electron chi connectivity index (χ0n) is 10.2. The van der Waals surface area contributed by atoms with Crippen LogP contribution in [0.3, 0.4) is 0 Å². The van der Waals surface area contributed by atoms with Crippen LogP contribution in [-0.4, -0.2) is 16.5 Å². The summed E-state index contributed by atoms with van der Waals surface area (Å²) in [6, 6.07) is 8.37. The molecule has 1 unspecified atom stereocenters. The molecular formula is C14H14FN3. The van der Waals surface area contributed by atoms with E-state index in [2.05, 4.69) is 33.5 Å². The molecular weight excluding hydrogens is 229 g/mol. The highest BCUT2D eigenvalue weighted by Gasteiger charge is 2.25. The number of aromatic nitrogens is 2. The van der Waals surface area contributed by atoms with Crippen molar-refractivity contribution in [2.45, 2.75) is 19.3 Å². The van der Waals surface area contributed by atoms with E-state index >= 15 is 0 Å². The molecule has 0 saturated carbocycles. The van der Waals surface area contributed by atoms with Crippen LogP contribution in [0.2, 0.25) is 0 Å². The standard InChI is InChI=1S/C14H14FN3/c1-9-13(15)14(18-8-17-9)16-7-11-6-10-4-2-3-5-12(10)11/h2-5,8,11H,6-7H2,1H3,(H,16,17,18). The van der Waals surface area contributed by atoms with Crippen LogP contribution in [0.1, 0.15) is 22.7 Å². The van der Waals surface area contributed by atoms with E-state index in [0.717, 1.165) is 6.42 Å². The first-order valence-corrected chi connectivity index (χ1v) is 6.04. The Bertz CT molecular complexity index is 583. The Hall–Kier alpha value is -1.97. The summed E-state index contributed by atoms with van der Waals surface area (Å²) in [5, 5.41) is 3.07. The summed E-state index contributed by atoms with van der Waals surface area (Å²) in [6.07, 6.45) is 2.43. The van der Waals surface area contributed by atoms with E-state index in [1.54, 1.807) is 6.92 Å². The molecule has 0 saturated heterocycles. The van der Waals surface area contributed by atoms with E-state index in [-0.39, 0.29) is 5.82 Å². The number of nitrogens with one attached hydrogen (secondary N) is 1. The molecule has 1 aromatic heterocycles. The fourth-order valence-electron chi connectivity index (χ4n) is 2.35. The third-order valence-electron chi connectivity index (χ3n) is 3.44. The molecule has 0 fully saturated rings. The molecule has 92 valence electrons. The summed E-state index contributed by atoms with van der Waals surface area (Å²) in [7, 11) is 0. The fraction of sp³-hybridized carbons (Fsp3) is 0.286. The zero-order chi connectivity index (χ0) is 12.5. The molecule has 1 heterocycles. The van der Waals surface area contributed by atoms with Crippen LogP contribution in [0.4, 0.5) is 10.2 Å². The minimum Gasteiger partial charge on any atom is -0.367 e. The van der Waals surface area contributed by atoms with Crippen molar-refractivity contribution < 1.29 is 4.39 Å². The Morgan fingerprint density at radius 2 is 2.17 bits per heavy atom. The van der Waals surface area contributed by atoms with Gasteiger partial charge in [0.05, 0.1) is 5.69 Å². The highest BCUT2D eigenvalue weighted by Crippen LogP contribution is 2.34. The first kappa shape index (κ1) is 11.1. The van der Waals surface area contributed by atoms with Crippen molar-refractivity contribution in [1.29, 1.82) is 0 Å². The molecule has 2 aromatic rings. The van der Waals surface area contributed by atoms with Crippen LogP contribution in [-0.2, 0) is 6.42 Å². The van der Waals surface area contributed by atoms with Crippen LogP contribution in [0.15, 0.2) is 30.6 Å². The number of anilines is 1. The maximum atomic E-state index is 13.7. The van der Waals surface area contributed by atoms with E-state index in [0.29, 0.717) is 24.0 Å². The number of nitrogens with zero attached hydrogens (tertiary/aromatic N) is 2. The maximum absolute atomic E-state index is 13.7. The number of benzene rings is 1. The summed E-state index contributed by atoms with van der Waals surface area (Å²) in [5.74, 6) is 0.396. The SMILES string of the molecule is Cc1ncnc(NCC2Cc3ccccc32)c1F. The van der Waals surface area contributed by atoms with Gasteiger partial charge in [-0.05, 0) is 24.5 Å². The van der Waals surface area contributed by atoms with Crippen LogP contribution < -0.4 is 5.32 Å². The maximum Gasteiger partial charge on any atom is 0.186 e. The lowest BCUT2D eigenvalue weighted by Crippen LogP contribution is -2.24. The van der Waals surface area contributed by atoms with Gasteiger partial charge in [0.1, 0.15) is 6.33 Å². The van der Waals surface area contributed by atoms with Crippen molar-refractivity contribution in [2.24, 2.45) is 0 Å². The van der Waals surface area contributed by atoms with Crippen LogP contribution in [0.25, 0.3) is 0 Å². The third-order valence-corrected chi connectivity index (χ3v) is 3.44. The van der Waals surface area contributed by atoms with E-state index in [1.165, 1.54) is 17.5 Å². The minimum absolute atomic E-state index is 0.298. The quantitative estimate of drug-likeness (QED) is 0.900. The Balaban J connectivity index is 1.69. The molecule has 0 radical (unpaired) electrons. The molecule has 3 nitrogen and oxygen atoms in total. The summed E-state index contributed by atoms with van der Waals surface area (Å²) in [5.41, 5.74) is 3.13. The molecule has 1 N–H and O–H groups in total. The third kappa shape index (κ3) is 1.83. The predicted octanol–water partition coefficient (Wildman–Crippen LogP) is 2.68. The second-order valence-electron chi connectivity index (χ2n) is 4.60. The lowest BCUT2D eigenvalue weighted by molar-refractivity contribution is 0.595. The van der Waals surface area contributed by atoms with E-state index in [1.807, 2.05) is 6.07 Å². The van der Waals surface area contributed by atoms with Gasteiger partial charge >= 0.3 is 0 Å². The van der Waals surface area contributed by atoms with Gasteiger partial charge in [0.15, 0.2) is 11.6 Å². The van der Waals surface area contributed by atoms with Crippen LogP contribution in [0.5, 0.6) is 0 Å². The highest BCUT2D eigenvalue weighted by molar-refractivity contribution is 5.43. The molecule has 0 amide bonds. The summed E-state index contributed by atoms with van der Waals surface area (Å²) in [6.45, 7) is 2.35. The lowest BCUT2D eigenvalue weighted by atomic mass is 9.77. The number of aryl methyl sites for hydroxylation is 1. The van der Waals surface area contributed by atoms with Crippen molar-refractivity contribution in [3.63, 3.8) is 0 Å². The van der Waals surface area contributed by atoms with Gasteiger partial charge in [0.2, 0.25) is 0 Å². The summed E-state index contributed by atoms with van der Waals surface area (Å²) >= 11 is 0. The van der Waals surface area contributed by atoms with Crippen molar-refractivity contribution in [1.82, 2.24) is 9.97 Å². The molecule has 1 atom stereocenters. The predicted molar refractivity (Wildman–Crippen MR) is 68.1 cm³/mol. The average molecular weight is 243 g/mol. The van der Waals surface area contributed by atoms with E-state index in [4.69, 9.17) is 0 Å². The zero-order valence-corrected chi connectivity index (χ0v) is 10.2. The van der Waals surface area contributed by atoms with Crippen LogP contribution in [0, 0.1) is 12.7 Å². The van der Waals surface area contributed by atoms with Crippen molar-refractivity contribution in [2.75, 3.05) is 11.9 Å². The van der Waals surface area contributed by atoms with Crippen molar-refractivity contribution >= 4 is 5.82 Å². The first-order valence-electron chi connectivity index (χ1n) is 6.04. The molecule has 1 aliphatic rings. The second kappa shape index (κ2) is 4.37. The van der Waals surface area contributed by atoms with Gasteiger partial charge in [-0.1, -0.05) is 24.3 Å². The molecule has 18 heavy (non-hydrogen) atoms. The number of rotatable bonds is 3. The number of halogens is 1. The lowest BCUT2D eigenvalue weighted by Gasteiger charge is -2.30. The smallest absolute Gasteiger partial charge is 0.186 e. The fourth-order valence-corrected chi connectivity index (χ4v) is 2.35. The Morgan fingerprint density at radius 3 is 3.00 bits per heavy atom. The summed E-state index contributed by atoms with van der Waals surface area (Å²) < 4.78 is 13.7. The Kier molecular flexibility index (Phi) is 2.70. The Labute approximate surface area is 105 Å². The first-order chi connectivity index (χ1) is 8.75. The molecule has 0 bridgehead atoms. The van der Waals surface area contributed by atoms with E-state index < -0.39 is 0 Å². The van der Waals surface area contributed by atoms with Gasteiger partial charge in [0.25, 0.3) is 0 Å². The molecule has 1 aromatic carbocycles. The second-order valence-corrected chi connectivity index (χ2v) is 4.60. The molecule has 4 heteroatoms. The van der Waals surface area contributed by atoms with Crippen molar-refractivity contribution in [3.8, 4) is 0 Å². The topological polar surface area (TPSA) is 37.8 Å². The van der Waals surface area contributed by atoms with Gasteiger partial charge in [0, 0.05) is 12.5 Å². The minimum atomic E-state index is -0.356. The number of fused-ring (bicyclic) bond motifs is 1. The molecule has 0 aliphatic heterocycles. The summed E-state index contributed by atoms with van der Waals surface area (Å²) in [4.78, 5) is 7.74. The number of hydrogen-bond donors (Lipinski definition) is 1. The van der Waals surface area contributed by atoms with Gasteiger partial charge < -0.3 is 5.32 Å². The van der Waals surface area contributed by atoms with Gasteiger partial charge in [-0.2, -0.15) is 0 Å². The van der Waals surface area contributed by atoms with Crippen molar-refractivity contribution in [3.05, 3.63) is 53.2 Å². The van der Waals surface area contributed by atoms with Crippen LogP contribution >= 0.6 is 0 Å². The van der Waals surface area contributed by atoms with Gasteiger partial charge in [-0.15, -0.1) is 0 Å².